The Kier molecular flexibility index (Phi) is 2.56. The normalized spacial score (nSPS) is 48.0. The zero-order chi connectivity index (χ0) is 13.3. The van der Waals surface area contributed by atoms with E-state index in [0.29, 0.717) is 5.92 Å². The van der Waals surface area contributed by atoms with Crippen LogP contribution >= 0.6 is 11.6 Å². The van der Waals surface area contributed by atoms with Crippen molar-refractivity contribution < 1.29 is 0 Å². The van der Waals surface area contributed by atoms with E-state index >= 15 is 0 Å². The Balaban J connectivity index is 1.19. The van der Waals surface area contributed by atoms with Gasteiger partial charge in [0.1, 0.15) is 0 Å². The molecule has 4 unspecified atom stereocenters. The van der Waals surface area contributed by atoms with E-state index in [4.69, 9.17) is 11.6 Å². The molecule has 4 saturated carbocycles. The van der Waals surface area contributed by atoms with Crippen LogP contribution in [0.2, 0.25) is 5.02 Å². The number of benzene rings is 1. The molecule has 1 aromatic rings. The van der Waals surface area contributed by atoms with Crippen molar-refractivity contribution in [3.63, 3.8) is 0 Å². The van der Waals surface area contributed by atoms with Crippen LogP contribution in [0.25, 0.3) is 0 Å². The lowest BCUT2D eigenvalue weighted by Gasteiger charge is -2.37. The summed E-state index contributed by atoms with van der Waals surface area (Å²) in [5.74, 6) is 4.99. The molecular weight excluding hydrogens is 266 g/mol. The van der Waals surface area contributed by atoms with Crippen molar-refractivity contribution in [2.75, 3.05) is 0 Å². The number of halogens is 1. The summed E-state index contributed by atoms with van der Waals surface area (Å²) < 4.78 is 0. The molecule has 4 atom stereocenters. The first-order chi connectivity index (χ1) is 9.81. The monoisotopic (exact) mass is 287 g/mol. The van der Waals surface area contributed by atoms with Crippen LogP contribution in [0, 0.1) is 23.7 Å². The van der Waals surface area contributed by atoms with E-state index < -0.39 is 0 Å². The van der Waals surface area contributed by atoms with E-state index in [1.54, 1.807) is 6.42 Å². The Bertz CT molecular complexity index is 520. The van der Waals surface area contributed by atoms with Crippen LogP contribution in [0.15, 0.2) is 24.3 Å². The Labute approximate surface area is 126 Å². The molecule has 0 saturated heterocycles. The minimum absolute atomic E-state index is 0.691. The van der Waals surface area contributed by atoms with Gasteiger partial charge in [-0.05, 0) is 73.3 Å². The van der Waals surface area contributed by atoms with Crippen molar-refractivity contribution in [2.45, 2.75) is 50.1 Å². The molecule has 0 aliphatic heterocycles. The van der Waals surface area contributed by atoms with Crippen LogP contribution in [-0.4, -0.2) is 12.1 Å². The summed E-state index contributed by atoms with van der Waals surface area (Å²) in [7, 11) is 0. The van der Waals surface area contributed by atoms with Crippen molar-refractivity contribution in [3.8, 4) is 0 Å². The first-order valence-corrected chi connectivity index (χ1v) is 8.69. The molecule has 2 heteroatoms. The lowest BCUT2D eigenvalue weighted by Crippen LogP contribution is -2.43. The second kappa shape index (κ2) is 4.24. The largest absolute Gasteiger partial charge is 0.311 e. The third kappa shape index (κ3) is 1.66. The smallest absolute Gasteiger partial charge is 0.0440 e. The van der Waals surface area contributed by atoms with Crippen LogP contribution in [0.5, 0.6) is 0 Å². The van der Waals surface area contributed by atoms with Gasteiger partial charge in [-0.1, -0.05) is 29.8 Å². The van der Waals surface area contributed by atoms with Gasteiger partial charge in [-0.15, -0.1) is 0 Å². The molecule has 2 bridgehead atoms. The van der Waals surface area contributed by atoms with E-state index in [1.165, 1.54) is 31.2 Å². The lowest BCUT2D eigenvalue weighted by molar-refractivity contribution is 0.272. The summed E-state index contributed by atoms with van der Waals surface area (Å²) in [4.78, 5) is 0. The van der Waals surface area contributed by atoms with Gasteiger partial charge in [0.15, 0.2) is 0 Å². The van der Waals surface area contributed by atoms with Gasteiger partial charge >= 0.3 is 0 Å². The van der Waals surface area contributed by atoms with Gasteiger partial charge in [-0.2, -0.15) is 0 Å². The molecule has 4 fully saturated rings. The Morgan fingerprint density at radius 3 is 2.35 bits per heavy atom. The fourth-order valence-corrected chi connectivity index (χ4v) is 5.92. The maximum absolute atomic E-state index is 6.30. The van der Waals surface area contributed by atoms with Crippen molar-refractivity contribution >= 4 is 11.6 Å². The molecule has 4 aliphatic rings. The maximum Gasteiger partial charge on any atom is 0.0440 e. The molecule has 0 spiro atoms. The number of hydrogen-bond donors (Lipinski definition) is 1. The molecule has 0 radical (unpaired) electrons. The molecule has 106 valence electrons. The lowest BCUT2D eigenvalue weighted by atomic mass is 9.75. The number of hydrogen-bond acceptors (Lipinski definition) is 1. The molecule has 0 heterocycles. The second-order valence-corrected chi connectivity index (χ2v) is 7.97. The van der Waals surface area contributed by atoms with E-state index in [1.807, 2.05) is 12.1 Å². The van der Waals surface area contributed by atoms with Crippen molar-refractivity contribution in [1.82, 2.24) is 5.32 Å². The van der Waals surface area contributed by atoms with Crippen LogP contribution in [-0.2, 0) is 0 Å². The molecular formula is C18H22ClN. The molecule has 20 heavy (non-hydrogen) atoms. The molecule has 1 nitrogen and oxygen atoms in total. The number of rotatable bonds is 3. The zero-order valence-electron chi connectivity index (χ0n) is 11.8. The van der Waals surface area contributed by atoms with E-state index in [2.05, 4.69) is 17.4 Å². The molecule has 0 amide bonds. The third-order valence-corrected chi connectivity index (χ3v) is 6.99. The average molecular weight is 288 g/mol. The van der Waals surface area contributed by atoms with Crippen LogP contribution in [0.3, 0.4) is 0 Å². The highest BCUT2D eigenvalue weighted by Crippen LogP contribution is 2.66. The maximum atomic E-state index is 6.30. The third-order valence-electron chi connectivity index (χ3n) is 6.65. The first kappa shape index (κ1) is 12.1. The fourth-order valence-electron chi connectivity index (χ4n) is 5.63. The van der Waals surface area contributed by atoms with Gasteiger partial charge in [0, 0.05) is 17.1 Å². The highest BCUT2D eigenvalue weighted by atomic mass is 35.5. The highest BCUT2D eigenvalue weighted by molar-refractivity contribution is 6.31. The Hall–Kier alpha value is -0.530. The summed E-state index contributed by atoms with van der Waals surface area (Å²) in [6, 6.07) is 10.0. The molecule has 1 N–H and O–H groups in total. The van der Waals surface area contributed by atoms with Gasteiger partial charge in [0.25, 0.3) is 0 Å². The van der Waals surface area contributed by atoms with Crippen LogP contribution in [0.4, 0.5) is 0 Å². The molecule has 1 aromatic carbocycles. The van der Waals surface area contributed by atoms with E-state index in [9.17, 15) is 0 Å². The van der Waals surface area contributed by atoms with Crippen molar-refractivity contribution in [1.29, 1.82) is 0 Å². The SMILES string of the molecule is Clc1ccccc1C1CC(NC2C3C4CCC(C4)C23)C1. The predicted octanol–water partition coefficient (Wildman–Crippen LogP) is 4.22. The van der Waals surface area contributed by atoms with Crippen molar-refractivity contribution in [3.05, 3.63) is 34.9 Å². The van der Waals surface area contributed by atoms with E-state index in [-0.39, 0.29) is 0 Å². The standard InChI is InChI=1S/C18H22ClN/c19-15-4-2-1-3-14(15)12-8-13(9-12)20-18-16-10-5-6-11(7-10)17(16)18/h1-4,10-13,16-18,20H,5-9H2. The van der Waals surface area contributed by atoms with Crippen LogP contribution in [0.1, 0.15) is 43.6 Å². The van der Waals surface area contributed by atoms with Gasteiger partial charge in [0.05, 0.1) is 0 Å². The summed E-state index contributed by atoms with van der Waals surface area (Å²) in [5, 5.41) is 4.93. The summed E-state index contributed by atoms with van der Waals surface area (Å²) >= 11 is 6.30. The summed E-state index contributed by atoms with van der Waals surface area (Å²) in [6.07, 6.45) is 7.18. The molecule has 5 rings (SSSR count). The van der Waals surface area contributed by atoms with Gasteiger partial charge < -0.3 is 5.32 Å². The topological polar surface area (TPSA) is 12.0 Å². The Morgan fingerprint density at radius 2 is 1.65 bits per heavy atom. The van der Waals surface area contributed by atoms with Crippen molar-refractivity contribution in [2.24, 2.45) is 23.7 Å². The summed E-state index contributed by atoms with van der Waals surface area (Å²) in [5.41, 5.74) is 1.36. The van der Waals surface area contributed by atoms with Gasteiger partial charge in [-0.25, -0.2) is 0 Å². The number of fused-ring (bicyclic) bond motifs is 5. The predicted molar refractivity (Wildman–Crippen MR) is 81.9 cm³/mol. The second-order valence-electron chi connectivity index (χ2n) is 7.57. The number of nitrogens with one attached hydrogen (secondary N) is 1. The quantitative estimate of drug-likeness (QED) is 0.878. The highest BCUT2D eigenvalue weighted by Gasteiger charge is 2.65. The minimum Gasteiger partial charge on any atom is -0.311 e. The van der Waals surface area contributed by atoms with Crippen LogP contribution < -0.4 is 5.32 Å². The van der Waals surface area contributed by atoms with E-state index in [0.717, 1.165) is 40.8 Å². The fraction of sp³-hybridized carbons (Fsp3) is 0.667. The minimum atomic E-state index is 0.691. The Morgan fingerprint density at radius 1 is 0.950 bits per heavy atom. The zero-order valence-corrected chi connectivity index (χ0v) is 12.5. The average Bonchev–Trinajstić information content (AvgIpc) is 2.79. The molecule has 0 aromatic heterocycles. The van der Waals surface area contributed by atoms with Gasteiger partial charge in [0.2, 0.25) is 0 Å². The first-order valence-electron chi connectivity index (χ1n) is 8.32. The van der Waals surface area contributed by atoms with Gasteiger partial charge in [-0.3, -0.25) is 0 Å². The molecule has 4 aliphatic carbocycles. The summed E-state index contributed by atoms with van der Waals surface area (Å²) in [6.45, 7) is 0.